The van der Waals surface area contributed by atoms with Gasteiger partial charge in [-0.3, -0.25) is 9.59 Å². The van der Waals surface area contributed by atoms with Crippen LogP contribution < -0.4 is 16.4 Å². The van der Waals surface area contributed by atoms with E-state index in [1.165, 1.54) is 0 Å². The third kappa shape index (κ3) is 4.18. The summed E-state index contributed by atoms with van der Waals surface area (Å²) in [6.07, 6.45) is 2.78. The Morgan fingerprint density at radius 1 is 1.69 bits per heavy atom. The summed E-state index contributed by atoms with van der Waals surface area (Å²) >= 11 is 0. The Balaban J connectivity index is 2.17. The molecule has 0 aliphatic carbocycles. The van der Waals surface area contributed by atoms with Gasteiger partial charge in [0.1, 0.15) is 0 Å². The van der Waals surface area contributed by atoms with Crippen LogP contribution in [0.3, 0.4) is 0 Å². The van der Waals surface area contributed by atoms with Crippen LogP contribution in [0.2, 0.25) is 0 Å². The highest BCUT2D eigenvalue weighted by molar-refractivity contribution is 5.79. The van der Waals surface area contributed by atoms with Gasteiger partial charge in [-0.15, -0.1) is 0 Å². The van der Waals surface area contributed by atoms with E-state index in [1.54, 1.807) is 0 Å². The summed E-state index contributed by atoms with van der Waals surface area (Å²) in [5.74, 6) is 0.365. The van der Waals surface area contributed by atoms with Crippen molar-refractivity contribution in [1.29, 1.82) is 0 Å². The molecule has 2 amide bonds. The molecule has 92 valence electrons. The average molecular weight is 227 g/mol. The fourth-order valence-corrected chi connectivity index (χ4v) is 1.80. The number of carbonyl (C=O) groups excluding carboxylic acids is 2. The van der Waals surface area contributed by atoms with E-state index in [9.17, 15) is 9.59 Å². The lowest BCUT2D eigenvalue weighted by Gasteiger charge is -2.14. The Hall–Kier alpha value is -1.10. The van der Waals surface area contributed by atoms with E-state index in [2.05, 4.69) is 10.6 Å². The minimum atomic E-state index is 0.0263. The van der Waals surface area contributed by atoms with Crippen LogP contribution in [0.5, 0.6) is 0 Å². The summed E-state index contributed by atoms with van der Waals surface area (Å²) in [6, 6.07) is 0.106. The second-order valence-electron chi connectivity index (χ2n) is 4.32. The number of nitrogens with two attached hydrogens (primary N) is 1. The van der Waals surface area contributed by atoms with Crippen LogP contribution in [0.15, 0.2) is 0 Å². The lowest BCUT2D eigenvalue weighted by atomic mass is 10.0. The fourth-order valence-electron chi connectivity index (χ4n) is 1.80. The van der Waals surface area contributed by atoms with E-state index in [4.69, 9.17) is 5.73 Å². The maximum atomic E-state index is 11.5. The molecule has 2 unspecified atom stereocenters. The van der Waals surface area contributed by atoms with Gasteiger partial charge in [0.2, 0.25) is 11.8 Å². The number of hydrogen-bond donors (Lipinski definition) is 3. The molecule has 0 saturated carbocycles. The van der Waals surface area contributed by atoms with E-state index in [0.717, 1.165) is 12.8 Å². The van der Waals surface area contributed by atoms with Crippen molar-refractivity contribution in [3.05, 3.63) is 0 Å². The molecular formula is C11H21N3O2. The normalized spacial score (nSPS) is 21.6. The number of hydrogen-bond acceptors (Lipinski definition) is 3. The largest absolute Gasteiger partial charge is 0.354 e. The van der Waals surface area contributed by atoms with Gasteiger partial charge < -0.3 is 16.4 Å². The van der Waals surface area contributed by atoms with Crippen molar-refractivity contribution in [2.24, 2.45) is 11.7 Å². The Morgan fingerprint density at radius 3 is 2.94 bits per heavy atom. The lowest BCUT2D eigenvalue weighted by molar-refractivity contribution is -0.122. The van der Waals surface area contributed by atoms with Crippen LogP contribution in [0.25, 0.3) is 0 Å². The first-order valence-electron chi connectivity index (χ1n) is 5.91. The topological polar surface area (TPSA) is 84.2 Å². The fraction of sp³-hybridized carbons (Fsp3) is 0.818. The lowest BCUT2D eigenvalue weighted by Crippen LogP contribution is -2.39. The molecule has 1 rings (SSSR count). The molecule has 5 heteroatoms. The minimum absolute atomic E-state index is 0.0263. The molecule has 2 atom stereocenters. The highest BCUT2D eigenvalue weighted by atomic mass is 16.2. The number of carbonyl (C=O) groups is 2. The van der Waals surface area contributed by atoms with Crippen molar-refractivity contribution >= 4 is 11.8 Å². The number of rotatable bonds is 6. The third-order valence-electron chi connectivity index (χ3n) is 3.02. The Kier molecular flexibility index (Phi) is 5.25. The average Bonchev–Trinajstić information content (AvgIpc) is 2.69. The second-order valence-corrected chi connectivity index (χ2v) is 4.32. The van der Waals surface area contributed by atoms with Gasteiger partial charge in [-0.1, -0.05) is 13.3 Å². The summed E-state index contributed by atoms with van der Waals surface area (Å²) < 4.78 is 0. The van der Waals surface area contributed by atoms with Gasteiger partial charge in [0.05, 0.1) is 0 Å². The van der Waals surface area contributed by atoms with Crippen LogP contribution in [0.4, 0.5) is 0 Å². The molecule has 1 aliphatic rings. The van der Waals surface area contributed by atoms with Crippen LogP contribution in [-0.2, 0) is 9.59 Å². The van der Waals surface area contributed by atoms with E-state index in [0.29, 0.717) is 25.9 Å². The van der Waals surface area contributed by atoms with Gasteiger partial charge >= 0.3 is 0 Å². The van der Waals surface area contributed by atoms with Gasteiger partial charge in [0.15, 0.2) is 0 Å². The van der Waals surface area contributed by atoms with Crippen molar-refractivity contribution in [3.63, 3.8) is 0 Å². The van der Waals surface area contributed by atoms with E-state index < -0.39 is 0 Å². The van der Waals surface area contributed by atoms with E-state index in [1.807, 2.05) is 6.92 Å². The molecule has 0 bridgehead atoms. The van der Waals surface area contributed by atoms with Gasteiger partial charge in [-0.2, -0.15) is 0 Å². The molecule has 1 saturated heterocycles. The maximum Gasteiger partial charge on any atom is 0.220 e. The summed E-state index contributed by atoms with van der Waals surface area (Å²) in [4.78, 5) is 22.5. The van der Waals surface area contributed by atoms with Crippen molar-refractivity contribution in [2.75, 3.05) is 13.1 Å². The van der Waals surface area contributed by atoms with Crippen molar-refractivity contribution in [1.82, 2.24) is 10.6 Å². The molecule has 1 heterocycles. The highest BCUT2D eigenvalue weighted by Gasteiger charge is 2.21. The first-order valence-corrected chi connectivity index (χ1v) is 5.91. The van der Waals surface area contributed by atoms with Gasteiger partial charge in [0.25, 0.3) is 0 Å². The predicted octanol–water partition coefficient (Wildman–Crippen LogP) is -0.244. The number of amides is 2. The molecular weight excluding hydrogens is 206 g/mol. The molecule has 0 spiro atoms. The van der Waals surface area contributed by atoms with Crippen molar-refractivity contribution < 1.29 is 9.59 Å². The van der Waals surface area contributed by atoms with Gasteiger partial charge in [-0.05, 0) is 18.9 Å². The summed E-state index contributed by atoms with van der Waals surface area (Å²) in [6.45, 7) is 3.11. The number of nitrogens with one attached hydrogen (secondary N) is 2. The second kappa shape index (κ2) is 6.48. The SMILES string of the molecule is CCC(CN)CC(=O)NCC1CCC(=O)N1. The maximum absolute atomic E-state index is 11.5. The van der Waals surface area contributed by atoms with Crippen LogP contribution in [0, 0.1) is 5.92 Å². The molecule has 0 aromatic carbocycles. The first kappa shape index (κ1) is 13.0. The molecule has 4 N–H and O–H groups in total. The molecule has 1 aliphatic heterocycles. The summed E-state index contributed by atoms with van der Waals surface area (Å²) in [5, 5.41) is 5.65. The Labute approximate surface area is 96.1 Å². The van der Waals surface area contributed by atoms with Crippen molar-refractivity contribution in [2.45, 2.75) is 38.6 Å². The monoisotopic (exact) mass is 227 g/mol. The van der Waals surface area contributed by atoms with Crippen LogP contribution in [-0.4, -0.2) is 30.9 Å². The third-order valence-corrected chi connectivity index (χ3v) is 3.02. The van der Waals surface area contributed by atoms with E-state index >= 15 is 0 Å². The molecule has 16 heavy (non-hydrogen) atoms. The molecule has 5 nitrogen and oxygen atoms in total. The Bertz CT molecular complexity index is 252. The molecule has 0 radical (unpaired) electrons. The first-order chi connectivity index (χ1) is 7.65. The van der Waals surface area contributed by atoms with Crippen LogP contribution in [0.1, 0.15) is 32.6 Å². The standard InChI is InChI=1S/C11H21N3O2/c1-2-8(6-12)5-11(16)13-7-9-3-4-10(15)14-9/h8-9H,2-7,12H2,1H3,(H,13,16)(H,14,15). The van der Waals surface area contributed by atoms with Crippen LogP contribution >= 0.6 is 0 Å². The zero-order chi connectivity index (χ0) is 12.0. The zero-order valence-corrected chi connectivity index (χ0v) is 9.79. The molecule has 0 aromatic rings. The minimum Gasteiger partial charge on any atom is -0.354 e. The zero-order valence-electron chi connectivity index (χ0n) is 9.79. The summed E-state index contributed by atoms with van der Waals surface area (Å²) in [7, 11) is 0. The predicted molar refractivity (Wildman–Crippen MR) is 61.6 cm³/mol. The molecule has 1 fully saturated rings. The van der Waals surface area contributed by atoms with Crippen molar-refractivity contribution in [3.8, 4) is 0 Å². The molecule has 0 aromatic heterocycles. The highest BCUT2D eigenvalue weighted by Crippen LogP contribution is 2.07. The van der Waals surface area contributed by atoms with Gasteiger partial charge in [0, 0.05) is 25.4 Å². The summed E-state index contributed by atoms with van der Waals surface area (Å²) in [5.41, 5.74) is 5.53. The Morgan fingerprint density at radius 2 is 2.44 bits per heavy atom. The quantitative estimate of drug-likeness (QED) is 0.585. The van der Waals surface area contributed by atoms with E-state index in [-0.39, 0.29) is 23.8 Å². The smallest absolute Gasteiger partial charge is 0.220 e. The van der Waals surface area contributed by atoms with Gasteiger partial charge in [-0.25, -0.2) is 0 Å².